The maximum Gasteiger partial charge on any atom is 0.103 e. The molecular formula is C16H20N2S. The van der Waals surface area contributed by atoms with E-state index >= 15 is 0 Å². The molecule has 0 aromatic carbocycles. The highest BCUT2D eigenvalue weighted by Gasteiger charge is 2.15. The molecule has 1 fully saturated rings. The van der Waals surface area contributed by atoms with Crippen LogP contribution >= 0.6 is 12.2 Å². The molecular weight excluding hydrogens is 252 g/mol. The first-order valence-corrected chi connectivity index (χ1v) is 7.74. The second-order valence-electron chi connectivity index (χ2n) is 5.53. The molecule has 2 aromatic heterocycles. The van der Waals surface area contributed by atoms with Crippen molar-refractivity contribution in [2.45, 2.75) is 50.9 Å². The van der Waals surface area contributed by atoms with E-state index in [1.54, 1.807) is 0 Å². The van der Waals surface area contributed by atoms with Crippen LogP contribution in [-0.2, 0) is 0 Å². The molecule has 0 spiro atoms. The minimum atomic E-state index is 0.646. The molecule has 1 N–H and O–H groups in total. The number of hydrogen-bond donors (Lipinski definition) is 1. The van der Waals surface area contributed by atoms with Crippen LogP contribution in [0, 0.1) is 4.64 Å². The molecule has 0 aliphatic heterocycles. The highest BCUT2D eigenvalue weighted by atomic mass is 32.1. The lowest BCUT2D eigenvalue weighted by atomic mass is 9.88. The first kappa shape index (κ1) is 12.8. The summed E-state index contributed by atoms with van der Waals surface area (Å²) in [7, 11) is 0. The molecule has 2 heterocycles. The molecule has 19 heavy (non-hydrogen) atoms. The fourth-order valence-electron chi connectivity index (χ4n) is 3.03. The van der Waals surface area contributed by atoms with E-state index in [0.717, 1.165) is 15.7 Å². The summed E-state index contributed by atoms with van der Waals surface area (Å²) in [5, 5.41) is 0. The molecule has 1 aliphatic rings. The van der Waals surface area contributed by atoms with Crippen LogP contribution in [0.25, 0.3) is 11.0 Å². The van der Waals surface area contributed by atoms with E-state index in [9.17, 15) is 0 Å². The summed E-state index contributed by atoms with van der Waals surface area (Å²) >= 11 is 5.15. The fourth-order valence-corrected chi connectivity index (χ4v) is 3.21. The second-order valence-corrected chi connectivity index (χ2v) is 5.97. The third-order valence-electron chi connectivity index (χ3n) is 4.12. The zero-order valence-electron chi connectivity index (χ0n) is 11.2. The zero-order valence-corrected chi connectivity index (χ0v) is 12.0. The third kappa shape index (κ3) is 3.03. The van der Waals surface area contributed by atoms with Gasteiger partial charge in [-0.3, -0.25) is 4.98 Å². The highest BCUT2D eigenvalue weighted by molar-refractivity contribution is 7.71. The van der Waals surface area contributed by atoms with E-state index < -0.39 is 0 Å². The van der Waals surface area contributed by atoms with Crippen LogP contribution in [0.15, 0.2) is 24.3 Å². The Morgan fingerprint density at radius 2 is 1.68 bits per heavy atom. The second kappa shape index (κ2) is 5.83. The molecule has 2 aromatic rings. The van der Waals surface area contributed by atoms with Crippen LogP contribution in [0.4, 0.5) is 0 Å². The van der Waals surface area contributed by atoms with Crippen molar-refractivity contribution in [3.63, 3.8) is 0 Å². The van der Waals surface area contributed by atoms with E-state index in [0.29, 0.717) is 5.92 Å². The van der Waals surface area contributed by atoms with E-state index in [1.165, 1.54) is 50.6 Å². The third-order valence-corrected chi connectivity index (χ3v) is 4.36. The first-order chi connectivity index (χ1) is 9.33. The molecule has 1 aliphatic carbocycles. The van der Waals surface area contributed by atoms with Crippen molar-refractivity contribution in [1.29, 1.82) is 0 Å². The molecule has 0 radical (unpaired) electrons. The van der Waals surface area contributed by atoms with Crippen molar-refractivity contribution in [2.24, 2.45) is 0 Å². The minimum absolute atomic E-state index is 0.646. The molecule has 0 atom stereocenters. The van der Waals surface area contributed by atoms with Crippen LogP contribution < -0.4 is 0 Å². The van der Waals surface area contributed by atoms with Crippen LogP contribution in [0.2, 0.25) is 0 Å². The van der Waals surface area contributed by atoms with Gasteiger partial charge in [-0.1, -0.05) is 44.3 Å². The molecule has 3 heteroatoms. The lowest BCUT2D eigenvalue weighted by Crippen LogP contribution is -2.04. The maximum absolute atomic E-state index is 5.15. The smallest absolute Gasteiger partial charge is 0.103 e. The van der Waals surface area contributed by atoms with Crippen molar-refractivity contribution < 1.29 is 0 Å². The van der Waals surface area contributed by atoms with E-state index in [-0.39, 0.29) is 0 Å². The summed E-state index contributed by atoms with van der Waals surface area (Å²) in [5.74, 6) is 0.646. The Balaban J connectivity index is 1.90. The molecule has 1 saturated carbocycles. The number of H-pyrrole nitrogens is 1. The predicted octanol–water partition coefficient (Wildman–Crippen LogP) is 5.12. The average Bonchev–Trinajstić information content (AvgIpc) is 2.38. The standard InChI is InChI=1S/C16H20N2S/c19-16-11-10-14-15(18-16)9-8-13(17-14)12-6-4-2-1-3-5-7-12/h8-12H,1-7H2,(H,18,19). The Labute approximate surface area is 119 Å². The Morgan fingerprint density at radius 3 is 2.47 bits per heavy atom. The van der Waals surface area contributed by atoms with E-state index in [2.05, 4.69) is 17.1 Å². The summed E-state index contributed by atoms with van der Waals surface area (Å²) in [5.41, 5.74) is 3.34. The summed E-state index contributed by atoms with van der Waals surface area (Å²) in [4.78, 5) is 8.03. The van der Waals surface area contributed by atoms with Crippen LogP contribution in [0.5, 0.6) is 0 Å². The number of aromatic amines is 1. The first-order valence-electron chi connectivity index (χ1n) is 7.33. The number of rotatable bonds is 1. The lowest BCUT2D eigenvalue weighted by molar-refractivity contribution is 0.450. The summed E-state index contributed by atoms with van der Waals surface area (Å²) < 4.78 is 0.771. The van der Waals surface area contributed by atoms with Crippen LogP contribution in [-0.4, -0.2) is 9.97 Å². The molecule has 100 valence electrons. The number of hydrogen-bond acceptors (Lipinski definition) is 2. The Bertz CT molecular complexity index is 609. The molecule has 3 rings (SSSR count). The normalized spacial score (nSPS) is 18.1. The van der Waals surface area contributed by atoms with Crippen LogP contribution in [0.1, 0.15) is 56.6 Å². The SMILES string of the molecule is S=c1ccc2nc(C3CCCCCCC3)ccc2[nH]1. The van der Waals surface area contributed by atoms with Gasteiger partial charge in [-0.15, -0.1) is 0 Å². The van der Waals surface area contributed by atoms with Crippen molar-refractivity contribution in [3.8, 4) is 0 Å². The van der Waals surface area contributed by atoms with E-state index in [4.69, 9.17) is 17.2 Å². The monoisotopic (exact) mass is 272 g/mol. The van der Waals surface area contributed by atoms with Gasteiger partial charge in [-0.2, -0.15) is 0 Å². The maximum atomic E-state index is 5.15. The van der Waals surface area contributed by atoms with Crippen LogP contribution in [0.3, 0.4) is 0 Å². The topological polar surface area (TPSA) is 28.7 Å². The quantitative estimate of drug-likeness (QED) is 0.730. The Morgan fingerprint density at radius 1 is 0.947 bits per heavy atom. The van der Waals surface area contributed by atoms with E-state index in [1.807, 2.05) is 12.1 Å². The number of nitrogens with one attached hydrogen (secondary N) is 1. The molecule has 0 saturated heterocycles. The lowest BCUT2D eigenvalue weighted by Gasteiger charge is -2.19. The van der Waals surface area contributed by atoms with Gasteiger partial charge in [0.1, 0.15) is 4.64 Å². The highest BCUT2D eigenvalue weighted by Crippen LogP contribution is 2.30. The number of aromatic nitrogens is 2. The number of pyridine rings is 2. The molecule has 0 bridgehead atoms. The number of fused-ring (bicyclic) bond motifs is 1. The van der Waals surface area contributed by atoms with Crippen molar-refractivity contribution in [3.05, 3.63) is 34.6 Å². The largest absolute Gasteiger partial charge is 0.345 e. The van der Waals surface area contributed by atoms with Gasteiger partial charge in [0.15, 0.2) is 0 Å². The van der Waals surface area contributed by atoms with Gasteiger partial charge in [-0.05, 0) is 37.1 Å². The summed E-state index contributed by atoms with van der Waals surface area (Å²) in [6, 6.07) is 8.26. The summed E-state index contributed by atoms with van der Waals surface area (Å²) in [6.07, 6.45) is 9.47. The van der Waals surface area contributed by atoms with Gasteiger partial charge in [-0.25, -0.2) is 0 Å². The van der Waals surface area contributed by atoms with Gasteiger partial charge in [0.25, 0.3) is 0 Å². The van der Waals surface area contributed by atoms with Crippen molar-refractivity contribution in [2.75, 3.05) is 0 Å². The number of nitrogens with zero attached hydrogens (tertiary/aromatic N) is 1. The molecule has 0 amide bonds. The van der Waals surface area contributed by atoms with Gasteiger partial charge >= 0.3 is 0 Å². The van der Waals surface area contributed by atoms with Gasteiger partial charge in [0.05, 0.1) is 11.0 Å². The van der Waals surface area contributed by atoms with Crippen molar-refractivity contribution >= 4 is 23.3 Å². The van der Waals surface area contributed by atoms with Crippen molar-refractivity contribution in [1.82, 2.24) is 9.97 Å². The Hall–Kier alpha value is -1.22. The molecule has 2 nitrogen and oxygen atoms in total. The minimum Gasteiger partial charge on any atom is -0.345 e. The van der Waals surface area contributed by atoms with Gasteiger partial charge < -0.3 is 4.98 Å². The average molecular weight is 272 g/mol. The zero-order chi connectivity index (χ0) is 13.1. The fraction of sp³-hybridized carbons (Fsp3) is 0.500. The van der Waals surface area contributed by atoms with Gasteiger partial charge in [0.2, 0.25) is 0 Å². The molecule has 0 unspecified atom stereocenters. The summed E-state index contributed by atoms with van der Waals surface area (Å²) in [6.45, 7) is 0. The Kier molecular flexibility index (Phi) is 3.92. The predicted molar refractivity (Wildman–Crippen MR) is 82.0 cm³/mol. The van der Waals surface area contributed by atoms with Gasteiger partial charge in [0, 0.05) is 11.6 Å².